The Kier molecular flexibility index (Phi) is 7.91. The zero-order valence-corrected chi connectivity index (χ0v) is 19.3. The van der Waals surface area contributed by atoms with Crippen molar-refractivity contribution in [2.75, 3.05) is 52.5 Å². The second-order valence-corrected chi connectivity index (χ2v) is 12.0. The molecule has 1 aromatic rings. The number of rotatable bonds is 7. The number of halogens is 1. The topological polar surface area (TPSA) is 79.0 Å². The minimum Gasteiger partial charge on any atom is -0.379 e. The Morgan fingerprint density at radius 3 is 2.57 bits per heavy atom. The molecule has 0 unspecified atom stereocenters. The van der Waals surface area contributed by atoms with Crippen molar-refractivity contribution in [2.45, 2.75) is 24.0 Å². The Morgan fingerprint density at radius 2 is 1.96 bits per heavy atom. The van der Waals surface area contributed by atoms with Gasteiger partial charge in [0, 0.05) is 45.2 Å². The van der Waals surface area contributed by atoms with E-state index in [2.05, 4.69) is 26.1 Å². The molecule has 1 N–H and O–H groups in total. The highest BCUT2D eigenvalue weighted by molar-refractivity contribution is 9.11. The number of morpholine rings is 1. The van der Waals surface area contributed by atoms with Crippen LogP contribution in [-0.2, 0) is 19.6 Å². The Labute approximate surface area is 179 Å². The molecule has 2 saturated heterocycles. The van der Waals surface area contributed by atoms with Gasteiger partial charge in [0.25, 0.3) is 10.0 Å². The lowest BCUT2D eigenvalue weighted by Gasteiger charge is -2.33. The number of carbonyl (C=O) groups excluding carboxylic acids is 1. The summed E-state index contributed by atoms with van der Waals surface area (Å²) in [6.45, 7) is 7.72. The predicted octanol–water partition coefficient (Wildman–Crippen LogP) is 2.00. The van der Waals surface area contributed by atoms with Gasteiger partial charge in [-0.2, -0.15) is 4.31 Å². The first-order chi connectivity index (χ1) is 13.4. The molecule has 158 valence electrons. The fourth-order valence-corrected chi connectivity index (χ4v) is 7.35. The first-order valence-corrected chi connectivity index (χ1v) is 12.8. The molecule has 1 amide bonds. The Morgan fingerprint density at radius 1 is 1.29 bits per heavy atom. The number of hydrogen-bond acceptors (Lipinski definition) is 6. The van der Waals surface area contributed by atoms with E-state index in [4.69, 9.17) is 4.74 Å². The number of ether oxygens (including phenoxy) is 1. The zero-order chi connectivity index (χ0) is 20.1. The Balaban J connectivity index is 1.44. The van der Waals surface area contributed by atoms with E-state index in [0.717, 1.165) is 36.6 Å². The number of piperidine rings is 1. The zero-order valence-electron chi connectivity index (χ0n) is 16.1. The molecule has 0 saturated carbocycles. The van der Waals surface area contributed by atoms with Gasteiger partial charge < -0.3 is 10.1 Å². The average molecular weight is 494 g/mol. The van der Waals surface area contributed by atoms with Gasteiger partial charge in [0.2, 0.25) is 5.91 Å². The molecule has 3 rings (SSSR count). The highest BCUT2D eigenvalue weighted by Gasteiger charge is 2.34. The summed E-state index contributed by atoms with van der Waals surface area (Å²) in [6, 6.07) is 3.40. The summed E-state index contributed by atoms with van der Waals surface area (Å²) in [4.78, 5) is 14.8. The van der Waals surface area contributed by atoms with Gasteiger partial charge in [-0.3, -0.25) is 9.69 Å². The molecule has 0 bridgehead atoms. The SMILES string of the molecule is C[C@@H](C(=O)NCCN1CCOCC1)C1CCN(S(=O)(=O)c2ccc(Br)s2)CC1. The minimum absolute atomic E-state index is 0.0664. The molecule has 0 radical (unpaired) electrons. The number of carbonyl (C=O) groups is 1. The summed E-state index contributed by atoms with van der Waals surface area (Å²) in [5, 5.41) is 3.04. The van der Waals surface area contributed by atoms with E-state index in [1.165, 1.54) is 11.3 Å². The molecule has 7 nitrogen and oxygen atoms in total. The summed E-state index contributed by atoms with van der Waals surface area (Å²) in [7, 11) is -3.43. The lowest BCUT2D eigenvalue weighted by molar-refractivity contribution is -0.126. The normalized spacial score (nSPS) is 21.5. The molecule has 28 heavy (non-hydrogen) atoms. The molecule has 3 heterocycles. The second kappa shape index (κ2) is 9.99. The second-order valence-electron chi connectivity index (χ2n) is 7.33. The maximum absolute atomic E-state index is 12.7. The van der Waals surface area contributed by atoms with Crippen LogP contribution in [0.2, 0.25) is 0 Å². The molecular weight excluding hydrogens is 466 g/mol. The van der Waals surface area contributed by atoms with Gasteiger partial charge in [0.15, 0.2) is 0 Å². The third-order valence-electron chi connectivity index (χ3n) is 5.59. The van der Waals surface area contributed by atoms with Crippen LogP contribution in [0.5, 0.6) is 0 Å². The number of sulfonamides is 1. The quantitative estimate of drug-likeness (QED) is 0.628. The van der Waals surface area contributed by atoms with Gasteiger partial charge >= 0.3 is 0 Å². The van der Waals surface area contributed by atoms with Crippen LogP contribution in [0.1, 0.15) is 19.8 Å². The summed E-state index contributed by atoms with van der Waals surface area (Å²) in [5.41, 5.74) is 0. The third kappa shape index (κ3) is 5.54. The molecule has 1 atom stereocenters. The number of amides is 1. The lowest BCUT2D eigenvalue weighted by atomic mass is 9.85. The average Bonchev–Trinajstić information content (AvgIpc) is 3.15. The van der Waals surface area contributed by atoms with Crippen molar-refractivity contribution < 1.29 is 17.9 Å². The van der Waals surface area contributed by atoms with Crippen LogP contribution in [0.25, 0.3) is 0 Å². The van der Waals surface area contributed by atoms with Crippen molar-refractivity contribution in [1.82, 2.24) is 14.5 Å². The van der Waals surface area contributed by atoms with E-state index in [1.807, 2.05) is 6.92 Å². The van der Waals surface area contributed by atoms with E-state index >= 15 is 0 Å². The minimum atomic E-state index is -3.43. The summed E-state index contributed by atoms with van der Waals surface area (Å²) in [6.07, 6.45) is 1.42. The van der Waals surface area contributed by atoms with Crippen molar-refractivity contribution in [3.63, 3.8) is 0 Å². The molecule has 2 fully saturated rings. The number of nitrogens with one attached hydrogen (secondary N) is 1. The van der Waals surface area contributed by atoms with Crippen LogP contribution in [0.4, 0.5) is 0 Å². The molecule has 10 heteroatoms. The first-order valence-electron chi connectivity index (χ1n) is 9.71. The molecule has 0 aliphatic carbocycles. The maximum atomic E-state index is 12.7. The largest absolute Gasteiger partial charge is 0.379 e. The molecule has 0 aromatic carbocycles. The monoisotopic (exact) mass is 493 g/mol. The van der Waals surface area contributed by atoms with Crippen LogP contribution in [0, 0.1) is 11.8 Å². The van der Waals surface area contributed by atoms with Gasteiger partial charge in [-0.15, -0.1) is 11.3 Å². The van der Waals surface area contributed by atoms with Crippen LogP contribution >= 0.6 is 27.3 Å². The van der Waals surface area contributed by atoms with Crippen molar-refractivity contribution in [3.8, 4) is 0 Å². The Bertz CT molecular complexity index is 757. The van der Waals surface area contributed by atoms with Crippen LogP contribution in [-0.4, -0.2) is 76.0 Å². The van der Waals surface area contributed by atoms with Gasteiger partial charge in [-0.05, 0) is 46.8 Å². The van der Waals surface area contributed by atoms with Crippen molar-refractivity contribution in [2.24, 2.45) is 11.8 Å². The first kappa shape index (κ1) is 22.2. The molecule has 0 spiro atoms. The molecule has 1 aromatic heterocycles. The lowest BCUT2D eigenvalue weighted by Crippen LogP contribution is -2.44. The number of thiophene rings is 1. The van der Waals surface area contributed by atoms with E-state index in [-0.39, 0.29) is 17.7 Å². The number of hydrogen-bond donors (Lipinski definition) is 1. The van der Waals surface area contributed by atoms with Crippen LogP contribution in [0.15, 0.2) is 20.1 Å². The van der Waals surface area contributed by atoms with E-state index in [9.17, 15) is 13.2 Å². The molecule has 2 aliphatic rings. The summed E-state index contributed by atoms with van der Waals surface area (Å²) in [5.74, 6) is 0.173. The van der Waals surface area contributed by atoms with Crippen molar-refractivity contribution in [3.05, 3.63) is 15.9 Å². The van der Waals surface area contributed by atoms with E-state index < -0.39 is 10.0 Å². The van der Waals surface area contributed by atoms with E-state index in [0.29, 0.717) is 36.7 Å². The summed E-state index contributed by atoms with van der Waals surface area (Å²) >= 11 is 4.55. The highest BCUT2D eigenvalue weighted by Crippen LogP contribution is 2.32. The maximum Gasteiger partial charge on any atom is 0.252 e. The third-order valence-corrected chi connectivity index (χ3v) is 9.58. The molecular formula is C18H28BrN3O4S2. The van der Waals surface area contributed by atoms with Gasteiger partial charge in [-0.25, -0.2) is 8.42 Å². The van der Waals surface area contributed by atoms with Crippen molar-refractivity contribution >= 4 is 43.2 Å². The van der Waals surface area contributed by atoms with Crippen LogP contribution < -0.4 is 5.32 Å². The smallest absolute Gasteiger partial charge is 0.252 e. The Hall–Kier alpha value is -0.520. The predicted molar refractivity (Wildman–Crippen MR) is 113 cm³/mol. The van der Waals surface area contributed by atoms with E-state index in [1.54, 1.807) is 16.4 Å². The summed E-state index contributed by atoms with van der Waals surface area (Å²) < 4.78 is 33.5. The number of nitrogens with zero attached hydrogens (tertiary/aromatic N) is 2. The fourth-order valence-electron chi connectivity index (χ4n) is 3.72. The highest BCUT2D eigenvalue weighted by atomic mass is 79.9. The van der Waals surface area contributed by atoms with Gasteiger partial charge in [0.05, 0.1) is 17.0 Å². The van der Waals surface area contributed by atoms with Gasteiger partial charge in [0.1, 0.15) is 4.21 Å². The van der Waals surface area contributed by atoms with Gasteiger partial charge in [-0.1, -0.05) is 6.92 Å². The van der Waals surface area contributed by atoms with Crippen molar-refractivity contribution in [1.29, 1.82) is 0 Å². The molecule has 2 aliphatic heterocycles. The standard InChI is InChI=1S/C18H28BrN3O4S2/c1-14(18(23)20-6-9-21-10-12-26-13-11-21)15-4-7-22(8-5-15)28(24,25)17-3-2-16(19)27-17/h2-3,14-15H,4-13H2,1H3,(H,20,23)/t14-/m1/s1. The van der Waals surface area contributed by atoms with Crippen LogP contribution in [0.3, 0.4) is 0 Å². The fraction of sp³-hybridized carbons (Fsp3) is 0.722.